The van der Waals surface area contributed by atoms with Gasteiger partial charge in [0.25, 0.3) is 0 Å². The second-order valence-corrected chi connectivity index (χ2v) is 8.98. The number of thioether (sulfide) groups is 1. The van der Waals surface area contributed by atoms with Gasteiger partial charge in [0, 0.05) is 6.92 Å². The molecule has 0 spiro atoms. The minimum Gasteiger partial charge on any atom is -0.383 e. The van der Waals surface area contributed by atoms with Crippen molar-refractivity contribution >= 4 is 56.8 Å². The van der Waals surface area contributed by atoms with Crippen molar-refractivity contribution in [2.75, 3.05) is 12.0 Å². The molecule has 0 aliphatic carbocycles. The summed E-state index contributed by atoms with van der Waals surface area (Å²) in [6, 6.07) is 0.106. The van der Waals surface area contributed by atoms with Gasteiger partial charge in [-0.1, -0.05) is 42.6 Å². The molecule has 140 valence electrons. The van der Waals surface area contributed by atoms with E-state index in [9.17, 15) is 24.2 Å². The fourth-order valence-electron chi connectivity index (χ4n) is 1.99. The zero-order valence-electron chi connectivity index (χ0n) is 12.5. The molecule has 0 fully saturated rings. The molecule has 1 aromatic carbocycles. The number of hydrogen-bond donors (Lipinski definition) is 1. The molecule has 13 heteroatoms. The van der Waals surface area contributed by atoms with Crippen LogP contribution in [0.2, 0.25) is 10.0 Å². The number of anilines is 1. The van der Waals surface area contributed by atoms with E-state index in [0.29, 0.717) is 0 Å². The standard InChI is InChI=1S/C12H10Cl2F5N3OS2/c1-5(23)9-11(24-2)12(20)22(21-9)10-7(13)3-6(4-8(10)14)25(15,16,17,18)19/h3-4H,20H2,1-2H3. The number of aromatic nitrogens is 2. The summed E-state index contributed by atoms with van der Waals surface area (Å²) in [5.74, 6) is -0.563. The Bertz CT molecular complexity index is 876. The van der Waals surface area contributed by atoms with Crippen LogP contribution in [-0.4, -0.2) is 21.8 Å². The minimum atomic E-state index is -9.97. The van der Waals surface area contributed by atoms with Gasteiger partial charge in [0.2, 0.25) is 0 Å². The summed E-state index contributed by atoms with van der Waals surface area (Å²) < 4.78 is 65.5. The van der Waals surface area contributed by atoms with Crippen molar-refractivity contribution in [3.05, 3.63) is 27.9 Å². The van der Waals surface area contributed by atoms with Crippen LogP contribution >= 0.6 is 45.2 Å². The molecule has 2 N–H and O–H groups in total. The van der Waals surface area contributed by atoms with Crippen molar-refractivity contribution < 1.29 is 24.2 Å². The number of nitrogens with two attached hydrogens (primary N) is 1. The van der Waals surface area contributed by atoms with Gasteiger partial charge in [-0.3, -0.25) is 4.79 Å². The van der Waals surface area contributed by atoms with Crippen molar-refractivity contribution in [3.63, 3.8) is 0 Å². The van der Waals surface area contributed by atoms with E-state index >= 15 is 0 Å². The van der Waals surface area contributed by atoms with E-state index in [0.717, 1.165) is 16.4 Å². The molecule has 2 rings (SSSR count). The fraction of sp³-hybridized carbons (Fsp3) is 0.167. The van der Waals surface area contributed by atoms with Gasteiger partial charge >= 0.3 is 10.2 Å². The third-order valence-corrected chi connectivity index (χ3v) is 5.57. The number of carbonyl (C=O) groups is 1. The first-order chi connectivity index (χ1) is 11.1. The van der Waals surface area contributed by atoms with Gasteiger partial charge in [-0.25, -0.2) is 4.68 Å². The first kappa shape index (κ1) is 20.1. The molecule has 4 nitrogen and oxygen atoms in total. The predicted molar refractivity (Wildman–Crippen MR) is 91.2 cm³/mol. The van der Waals surface area contributed by atoms with Crippen molar-refractivity contribution in [2.45, 2.75) is 16.7 Å². The maximum Gasteiger partial charge on any atom is 0.310 e. The third kappa shape index (κ3) is 3.83. The first-order valence-corrected chi connectivity index (χ1v) is 10.2. The SMILES string of the molecule is CSc1c(C(C)=O)nn(-c2c(Cl)cc(S(F)(F)(F)(F)F)cc2Cl)c1N. The average molecular weight is 442 g/mol. The van der Waals surface area contributed by atoms with Crippen LogP contribution in [0.1, 0.15) is 17.4 Å². The molecule has 0 saturated carbocycles. The number of hydrogen-bond acceptors (Lipinski definition) is 4. The van der Waals surface area contributed by atoms with Gasteiger partial charge in [-0.05, 0) is 18.4 Å². The Balaban J connectivity index is 2.78. The highest BCUT2D eigenvalue weighted by Crippen LogP contribution is 3.02. The lowest BCUT2D eigenvalue weighted by Gasteiger charge is -2.40. The summed E-state index contributed by atoms with van der Waals surface area (Å²) >= 11 is 12.6. The zero-order valence-corrected chi connectivity index (χ0v) is 15.6. The highest BCUT2D eigenvalue weighted by atomic mass is 35.5. The zero-order chi connectivity index (χ0) is 19.4. The number of rotatable bonds is 4. The molecule has 0 radical (unpaired) electrons. The van der Waals surface area contributed by atoms with Crippen LogP contribution in [-0.2, 0) is 0 Å². The third-order valence-electron chi connectivity index (χ3n) is 3.06. The summed E-state index contributed by atoms with van der Waals surface area (Å²) in [5, 5.41) is 2.41. The second-order valence-electron chi connectivity index (χ2n) is 4.94. The molecule has 1 aromatic heterocycles. The Morgan fingerprint density at radius 1 is 1.20 bits per heavy atom. The number of carbonyl (C=O) groups excluding carboxylic acids is 1. The quantitative estimate of drug-likeness (QED) is 0.341. The number of halogens is 7. The minimum absolute atomic E-state index is 0.0473. The number of nitrogen functional groups attached to an aromatic ring is 1. The van der Waals surface area contributed by atoms with Gasteiger partial charge in [-0.2, -0.15) is 5.10 Å². The summed E-state index contributed by atoms with van der Waals surface area (Å²) in [6.45, 7) is 1.21. The molecule has 0 saturated heterocycles. The Labute approximate surface area is 153 Å². The molecular weight excluding hydrogens is 432 g/mol. The van der Waals surface area contributed by atoms with Crippen LogP contribution in [0.15, 0.2) is 21.9 Å². The smallest absolute Gasteiger partial charge is 0.310 e. The normalized spacial score (nSPS) is 14.9. The van der Waals surface area contributed by atoms with Crippen molar-refractivity contribution in [1.82, 2.24) is 9.78 Å². The number of nitrogens with zero attached hydrogens (tertiary/aromatic N) is 2. The van der Waals surface area contributed by atoms with E-state index in [1.54, 1.807) is 6.26 Å². The fourth-order valence-corrected chi connectivity index (χ4v) is 4.12. The van der Waals surface area contributed by atoms with E-state index in [1.165, 1.54) is 6.92 Å². The number of Topliss-reactive ketones (excluding diaryl/α,β-unsaturated/α-hetero) is 1. The van der Waals surface area contributed by atoms with Gasteiger partial charge < -0.3 is 5.73 Å². The lowest BCUT2D eigenvalue weighted by molar-refractivity contribution is 0.101. The molecule has 25 heavy (non-hydrogen) atoms. The molecular formula is C12H10Cl2F5N3OS2. The maximum atomic E-state index is 12.9. The van der Waals surface area contributed by atoms with Crippen LogP contribution in [0.4, 0.5) is 25.2 Å². The van der Waals surface area contributed by atoms with Crippen LogP contribution in [0.3, 0.4) is 0 Å². The van der Waals surface area contributed by atoms with Gasteiger partial charge in [0.1, 0.15) is 22.1 Å². The summed E-state index contributed by atoms with van der Waals surface area (Å²) in [6.07, 6.45) is 1.60. The summed E-state index contributed by atoms with van der Waals surface area (Å²) in [7, 11) is -9.97. The van der Waals surface area contributed by atoms with Gasteiger partial charge in [-0.15, -0.1) is 11.8 Å². The van der Waals surface area contributed by atoms with Gasteiger partial charge in [0.15, 0.2) is 5.78 Å². The molecule has 0 aliphatic heterocycles. The van der Waals surface area contributed by atoms with E-state index in [2.05, 4.69) is 5.10 Å². The highest BCUT2D eigenvalue weighted by molar-refractivity contribution is 8.45. The Morgan fingerprint density at radius 2 is 1.68 bits per heavy atom. The molecule has 0 bridgehead atoms. The van der Waals surface area contributed by atoms with E-state index in [4.69, 9.17) is 28.9 Å². The van der Waals surface area contributed by atoms with Crippen LogP contribution < -0.4 is 5.73 Å². The molecule has 0 aliphatic rings. The Morgan fingerprint density at radius 3 is 2.00 bits per heavy atom. The maximum absolute atomic E-state index is 12.9. The Hall–Kier alpha value is -1.17. The highest BCUT2D eigenvalue weighted by Gasteiger charge is 2.65. The van der Waals surface area contributed by atoms with Gasteiger partial charge in [0.05, 0.1) is 14.9 Å². The van der Waals surface area contributed by atoms with Crippen LogP contribution in [0, 0.1) is 0 Å². The molecule has 0 atom stereocenters. The molecule has 1 heterocycles. The second kappa shape index (κ2) is 5.41. The number of benzene rings is 1. The molecule has 2 aromatic rings. The topological polar surface area (TPSA) is 60.9 Å². The number of ketones is 1. The van der Waals surface area contributed by atoms with E-state index in [1.807, 2.05) is 0 Å². The Kier molecular flexibility index (Phi) is 4.36. The summed E-state index contributed by atoms with van der Waals surface area (Å²) in [4.78, 5) is 9.63. The lowest BCUT2D eigenvalue weighted by Crippen LogP contribution is -2.09. The van der Waals surface area contributed by atoms with Crippen LogP contribution in [0.25, 0.3) is 5.69 Å². The van der Waals surface area contributed by atoms with E-state index < -0.39 is 30.9 Å². The lowest BCUT2D eigenvalue weighted by atomic mass is 10.3. The van der Waals surface area contributed by atoms with E-state index in [-0.39, 0.29) is 34.2 Å². The first-order valence-electron chi connectivity index (χ1n) is 6.23. The van der Waals surface area contributed by atoms with Crippen LogP contribution in [0.5, 0.6) is 0 Å². The van der Waals surface area contributed by atoms with Crippen molar-refractivity contribution in [1.29, 1.82) is 0 Å². The van der Waals surface area contributed by atoms with Crippen molar-refractivity contribution in [2.24, 2.45) is 0 Å². The largest absolute Gasteiger partial charge is 0.383 e. The predicted octanol–water partition coefficient (Wildman–Crippen LogP) is 6.34. The van der Waals surface area contributed by atoms with Crippen molar-refractivity contribution in [3.8, 4) is 5.69 Å². The monoisotopic (exact) mass is 441 g/mol. The average Bonchev–Trinajstić information content (AvgIpc) is 2.73. The molecule has 0 unspecified atom stereocenters. The summed E-state index contributed by atoms with van der Waals surface area (Å²) in [5.41, 5.74) is 5.46. The molecule has 0 amide bonds.